The van der Waals surface area contributed by atoms with Gasteiger partial charge in [-0.25, -0.2) is 9.59 Å². The van der Waals surface area contributed by atoms with Crippen LogP contribution < -0.4 is 14.8 Å². The standard InChI is InChI=1S/C26H37N3O7/c1-6-29-19(16-28-13-9-10-18(15-28)24(30)35-7-2)22(25(31)36-8-3)23(27-26(29)32)17-11-12-20(33-4)21(14-17)34-5/h11-12,14,18,23H,6-10,13,15-16H2,1-5H3,(H,27,32)/t18-,23-/m0/s1. The molecule has 1 aromatic carbocycles. The Kier molecular flexibility index (Phi) is 9.58. The zero-order valence-electron chi connectivity index (χ0n) is 21.8. The smallest absolute Gasteiger partial charge is 0.338 e. The van der Waals surface area contributed by atoms with Crippen molar-refractivity contribution in [2.75, 3.05) is 53.6 Å². The molecule has 2 amide bonds. The van der Waals surface area contributed by atoms with Crippen LogP contribution in [-0.4, -0.2) is 81.4 Å². The van der Waals surface area contributed by atoms with Crippen molar-refractivity contribution in [1.82, 2.24) is 15.1 Å². The van der Waals surface area contributed by atoms with Crippen LogP contribution in [0.4, 0.5) is 4.79 Å². The van der Waals surface area contributed by atoms with Crippen LogP contribution in [0.2, 0.25) is 0 Å². The summed E-state index contributed by atoms with van der Waals surface area (Å²) in [6.45, 7) is 7.88. The number of amides is 2. The van der Waals surface area contributed by atoms with Gasteiger partial charge in [-0.3, -0.25) is 14.6 Å². The van der Waals surface area contributed by atoms with Crippen molar-refractivity contribution in [2.24, 2.45) is 5.92 Å². The van der Waals surface area contributed by atoms with Crippen LogP contribution in [0, 0.1) is 5.92 Å². The van der Waals surface area contributed by atoms with Gasteiger partial charge in [0.15, 0.2) is 11.5 Å². The molecule has 36 heavy (non-hydrogen) atoms. The maximum absolute atomic E-state index is 13.3. The van der Waals surface area contributed by atoms with Crippen molar-refractivity contribution in [3.63, 3.8) is 0 Å². The van der Waals surface area contributed by atoms with E-state index in [2.05, 4.69) is 10.2 Å². The van der Waals surface area contributed by atoms with Crippen LogP contribution in [-0.2, 0) is 19.1 Å². The summed E-state index contributed by atoms with van der Waals surface area (Å²) in [7, 11) is 3.08. The molecule has 2 aliphatic heterocycles. The molecule has 0 aromatic heterocycles. The van der Waals surface area contributed by atoms with Crippen LogP contribution in [0.25, 0.3) is 0 Å². The predicted molar refractivity (Wildman–Crippen MR) is 133 cm³/mol. The summed E-state index contributed by atoms with van der Waals surface area (Å²) >= 11 is 0. The minimum absolute atomic E-state index is 0.197. The zero-order valence-corrected chi connectivity index (χ0v) is 21.8. The van der Waals surface area contributed by atoms with Crippen molar-refractivity contribution in [3.05, 3.63) is 35.0 Å². The lowest BCUT2D eigenvalue weighted by molar-refractivity contribution is -0.150. The Balaban J connectivity index is 2.05. The van der Waals surface area contributed by atoms with E-state index in [1.807, 2.05) is 6.92 Å². The normalized spacial score (nSPS) is 20.6. The van der Waals surface area contributed by atoms with Gasteiger partial charge in [-0.15, -0.1) is 0 Å². The minimum Gasteiger partial charge on any atom is -0.493 e. The van der Waals surface area contributed by atoms with Crippen molar-refractivity contribution < 1.29 is 33.3 Å². The molecular weight excluding hydrogens is 466 g/mol. The van der Waals surface area contributed by atoms with Gasteiger partial charge in [0.2, 0.25) is 0 Å². The molecule has 0 bridgehead atoms. The molecule has 198 valence electrons. The average molecular weight is 504 g/mol. The number of benzene rings is 1. The second-order valence-corrected chi connectivity index (χ2v) is 8.65. The number of nitrogens with zero attached hydrogens (tertiary/aromatic N) is 2. The molecule has 0 aliphatic carbocycles. The molecule has 0 spiro atoms. The Morgan fingerprint density at radius 2 is 1.78 bits per heavy atom. The Morgan fingerprint density at radius 1 is 1.06 bits per heavy atom. The van der Waals surface area contributed by atoms with Gasteiger partial charge in [0.1, 0.15) is 0 Å². The highest BCUT2D eigenvalue weighted by atomic mass is 16.5. The topological polar surface area (TPSA) is 107 Å². The molecule has 0 unspecified atom stereocenters. The molecule has 10 nitrogen and oxygen atoms in total. The van der Waals surface area contributed by atoms with E-state index in [1.54, 1.807) is 44.1 Å². The van der Waals surface area contributed by atoms with Gasteiger partial charge in [0.25, 0.3) is 0 Å². The Hall–Kier alpha value is -3.27. The highest BCUT2D eigenvalue weighted by Gasteiger charge is 2.39. The van der Waals surface area contributed by atoms with Gasteiger partial charge in [0.05, 0.1) is 45.0 Å². The second kappa shape index (κ2) is 12.6. The molecule has 10 heteroatoms. The predicted octanol–water partition coefficient (Wildman–Crippen LogP) is 2.88. The first-order chi connectivity index (χ1) is 17.4. The number of likely N-dealkylation sites (N-methyl/N-ethyl adjacent to an activating group) is 1. The SMILES string of the molecule is CCOC(=O)C1=C(CN2CCC[C@H](C(=O)OCC)C2)N(CC)C(=O)N[C@H]1c1ccc(OC)c(OC)c1. The van der Waals surface area contributed by atoms with Gasteiger partial charge in [-0.1, -0.05) is 6.07 Å². The van der Waals surface area contributed by atoms with Crippen LogP contribution in [0.1, 0.15) is 45.2 Å². The second-order valence-electron chi connectivity index (χ2n) is 8.65. The third kappa shape index (κ3) is 5.92. The van der Waals surface area contributed by atoms with Gasteiger partial charge in [-0.2, -0.15) is 0 Å². The van der Waals surface area contributed by atoms with Crippen LogP contribution in [0.3, 0.4) is 0 Å². The van der Waals surface area contributed by atoms with Crippen molar-refractivity contribution in [3.8, 4) is 11.5 Å². The number of hydrogen-bond donors (Lipinski definition) is 1. The first kappa shape index (κ1) is 27.3. The van der Waals surface area contributed by atoms with Gasteiger partial charge >= 0.3 is 18.0 Å². The van der Waals surface area contributed by atoms with Crippen molar-refractivity contribution in [1.29, 1.82) is 0 Å². The fraction of sp³-hybridized carbons (Fsp3) is 0.577. The fourth-order valence-electron chi connectivity index (χ4n) is 4.80. The lowest BCUT2D eigenvalue weighted by Gasteiger charge is -2.39. The summed E-state index contributed by atoms with van der Waals surface area (Å²) in [6.07, 6.45) is 1.58. The molecule has 2 atom stereocenters. The number of piperidine rings is 1. The monoisotopic (exact) mass is 503 g/mol. The van der Waals surface area contributed by atoms with E-state index < -0.39 is 12.0 Å². The molecule has 2 heterocycles. The van der Waals surface area contributed by atoms with Crippen molar-refractivity contribution in [2.45, 2.75) is 39.7 Å². The number of urea groups is 1. The lowest BCUT2D eigenvalue weighted by atomic mass is 9.93. The Bertz CT molecular complexity index is 994. The summed E-state index contributed by atoms with van der Waals surface area (Å²) in [4.78, 5) is 42.6. The van der Waals surface area contributed by atoms with Crippen molar-refractivity contribution >= 4 is 18.0 Å². The number of likely N-dealkylation sites (tertiary alicyclic amines) is 1. The Labute approximate surface area is 212 Å². The minimum atomic E-state index is -0.736. The number of esters is 2. The number of carbonyl (C=O) groups excluding carboxylic acids is 3. The van der Waals surface area contributed by atoms with Gasteiger partial charge in [-0.05, 0) is 57.9 Å². The number of rotatable bonds is 10. The van der Waals surface area contributed by atoms with E-state index in [0.717, 1.165) is 19.4 Å². The number of ether oxygens (including phenoxy) is 4. The van der Waals surface area contributed by atoms with E-state index in [-0.39, 0.29) is 24.5 Å². The number of nitrogens with one attached hydrogen (secondary N) is 1. The largest absolute Gasteiger partial charge is 0.493 e. The van der Waals surface area contributed by atoms with E-state index in [0.29, 0.717) is 54.6 Å². The number of carbonyl (C=O) groups is 3. The van der Waals surface area contributed by atoms with E-state index in [4.69, 9.17) is 18.9 Å². The lowest BCUT2D eigenvalue weighted by Crippen LogP contribution is -2.51. The Morgan fingerprint density at radius 3 is 2.42 bits per heavy atom. The highest BCUT2D eigenvalue weighted by Crippen LogP contribution is 2.36. The molecule has 3 rings (SSSR count). The maximum Gasteiger partial charge on any atom is 0.338 e. The maximum atomic E-state index is 13.3. The quantitative estimate of drug-likeness (QED) is 0.486. The molecule has 1 aromatic rings. The van der Waals surface area contributed by atoms with Crippen LogP contribution in [0.5, 0.6) is 11.5 Å². The molecule has 1 fully saturated rings. The average Bonchev–Trinajstić information content (AvgIpc) is 2.88. The fourth-order valence-corrected chi connectivity index (χ4v) is 4.80. The number of hydrogen-bond acceptors (Lipinski definition) is 8. The van der Waals surface area contributed by atoms with E-state index in [1.165, 1.54) is 7.11 Å². The van der Waals surface area contributed by atoms with E-state index in [9.17, 15) is 14.4 Å². The first-order valence-electron chi connectivity index (χ1n) is 12.5. The van der Waals surface area contributed by atoms with Crippen LogP contribution in [0.15, 0.2) is 29.5 Å². The molecule has 1 N–H and O–H groups in total. The first-order valence-corrected chi connectivity index (χ1v) is 12.5. The molecule has 0 radical (unpaired) electrons. The summed E-state index contributed by atoms with van der Waals surface area (Å²) in [5.41, 5.74) is 1.60. The molecule has 1 saturated heterocycles. The van der Waals surface area contributed by atoms with E-state index >= 15 is 0 Å². The summed E-state index contributed by atoms with van der Waals surface area (Å²) in [5.74, 6) is 0.0851. The third-order valence-corrected chi connectivity index (χ3v) is 6.49. The van der Waals surface area contributed by atoms with Gasteiger partial charge in [0, 0.05) is 25.3 Å². The third-order valence-electron chi connectivity index (χ3n) is 6.49. The van der Waals surface area contributed by atoms with Gasteiger partial charge < -0.3 is 24.3 Å². The molecule has 0 saturated carbocycles. The highest BCUT2D eigenvalue weighted by molar-refractivity contribution is 5.95. The number of methoxy groups -OCH3 is 2. The summed E-state index contributed by atoms with van der Waals surface area (Å²) in [6, 6.07) is 4.24. The summed E-state index contributed by atoms with van der Waals surface area (Å²) < 4.78 is 21.5. The molecular formula is C26H37N3O7. The van der Waals surface area contributed by atoms with Crippen LogP contribution >= 0.6 is 0 Å². The zero-order chi connectivity index (χ0) is 26.2. The summed E-state index contributed by atoms with van der Waals surface area (Å²) in [5, 5.41) is 2.96. The molecule has 2 aliphatic rings.